The number of thiophene rings is 1. The molecule has 0 aliphatic rings. The van der Waals surface area contributed by atoms with Crippen LogP contribution in [0, 0.1) is 0 Å². The van der Waals surface area contributed by atoms with Crippen LogP contribution in [0.2, 0.25) is 0 Å². The van der Waals surface area contributed by atoms with E-state index in [1.54, 1.807) is 18.4 Å². The number of hydrogen-bond donors (Lipinski definition) is 1. The molecule has 2 nitrogen and oxygen atoms in total. The number of rotatable bonds is 2. The minimum absolute atomic E-state index is 0.260. The maximum Gasteiger partial charge on any atom is 0.0899 e. The molecule has 62 valence electrons. The Morgan fingerprint density at radius 3 is 2.45 bits per heavy atom. The normalized spacial score (nSPS) is 11.9. The van der Waals surface area contributed by atoms with Gasteiger partial charge < -0.3 is 10.5 Å². The molecule has 0 amide bonds. The van der Waals surface area contributed by atoms with Gasteiger partial charge in [-0.3, -0.25) is 0 Å². The second-order valence-electron chi connectivity index (χ2n) is 2.96. The van der Waals surface area contributed by atoms with E-state index in [4.69, 9.17) is 10.5 Å². The maximum absolute atomic E-state index is 5.73. The molecule has 0 unspecified atom stereocenters. The van der Waals surface area contributed by atoms with Gasteiger partial charge in [-0.15, -0.1) is 11.3 Å². The summed E-state index contributed by atoms with van der Waals surface area (Å²) in [5.74, 6) is 0. The SMILES string of the molecule is COC(C)(C)c1cscc1N. The molecule has 0 aromatic carbocycles. The van der Waals surface area contributed by atoms with Gasteiger partial charge in [0.25, 0.3) is 0 Å². The van der Waals surface area contributed by atoms with Gasteiger partial charge in [0, 0.05) is 23.7 Å². The van der Waals surface area contributed by atoms with Crippen molar-refractivity contribution in [2.45, 2.75) is 19.4 Å². The first-order valence-corrected chi connectivity index (χ1v) is 4.39. The Morgan fingerprint density at radius 2 is 2.09 bits per heavy atom. The van der Waals surface area contributed by atoms with E-state index in [1.807, 2.05) is 24.6 Å². The highest BCUT2D eigenvalue weighted by Crippen LogP contribution is 2.31. The molecule has 0 aliphatic carbocycles. The summed E-state index contributed by atoms with van der Waals surface area (Å²) >= 11 is 1.60. The van der Waals surface area contributed by atoms with Crippen molar-refractivity contribution in [2.75, 3.05) is 12.8 Å². The van der Waals surface area contributed by atoms with Gasteiger partial charge in [0.2, 0.25) is 0 Å². The fraction of sp³-hybridized carbons (Fsp3) is 0.500. The Bertz CT molecular complexity index is 242. The highest BCUT2D eigenvalue weighted by Gasteiger charge is 2.22. The van der Waals surface area contributed by atoms with Gasteiger partial charge in [-0.25, -0.2) is 0 Å². The van der Waals surface area contributed by atoms with E-state index in [1.165, 1.54) is 0 Å². The molecular formula is C8H13NOS. The van der Waals surface area contributed by atoms with E-state index in [9.17, 15) is 0 Å². The molecule has 0 saturated carbocycles. The van der Waals surface area contributed by atoms with Crippen molar-refractivity contribution >= 4 is 17.0 Å². The lowest BCUT2D eigenvalue weighted by Gasteiger charge is -2.22. The molecule has 3 heteroatoms. The summed E-state index contributed by atoms with van der Waals surface area (Å²) in [4.78, 5) is 0. The van der Waals surface area contributed by atoms with Crippen molar-refractivity contribution in [3.8, 4) is 0 Å². The Hall–Kier alpha value is -0.540. The molecule has 0 bridgehead atoms. The monoisotopic (exact) mass is 171 g/mol. The first-order valence-electron chi connectivity index (χ1n) is 3.45. The molecule has 0 fully saturated rings. The average molecular weight is 171 g/mol. The summed E-state index contributed by atoms with van der Waals surface area (Å²) < 4.78 is 5.29. The van der Waals surface area contributed by atoms with E-state index in [2.05, 4.69) is 0 Å². The fourth-order valence-corrected chi connectivity index (χ4v) is 1.80. The summed E-state index contributed by atoms with van der Waals surface area (Å²) in [5.41, 5.74) is 7.37. The zero-order valence-electron chi connectivity index (χ0n) is 7.05. The predicted molar refractivity (Wildman–Crippen MR) is 48.8 cm³/mol. The van der Waals surface area contributed by atoms with Crippen molar-refractivity contribution in [3.63, 3.8) is 0 Å². The molecule has 0 spiro atoms. The molecule has 2 N–H and O–H groups in total. The summed E-state index contributed by atoms with van der Waals surface area (Å²) in [7, 11) is 1.69. The van der Waals surface area contributed by atoms with Crippen LogP contribution in [0.15, 0.2) is 10.8 Å². The third kappa shape index (κ3) is 1.54. The number of ether oxygens (including phenoxy) is 1. The van der Waals surface area contributed by atoms with Crippen LogP contribution in [0.5, 0.6) is 0 Å². The summed E-state index contributed by atoms with van der Waals surface area (Å²) in [6.45, 7) is 4.01. The second kappa shape index (κ2) is 2.83. The predicted octanol–water partition coefficient (Wildman–Crippen LogP) is 2.21. The van der Waals surface area contributed by atoms with Gasteiger partial charge in [0.1, 0.15) is 0 Å². The van der Waals surface area contributed by atoms with Crippen molar-refractivity contribution in [1.82, 2.24) is 0 Å². The molecule has 0 radical (unpaired) electrons. The third-order valence-corrected chi connectivity index (χ3v) is 2.61. The minimum atomic E-state index is -0.260. The number of hydrogen-bond acceptors (Lipinski definition) is 3. The van der Waals surface area contributed by atoms with Gasteiger partial charge in [-0.05, 0) is 19.2 Å². The van der Waals surface area contributed by atoms with Crippen LogP contribution in [0.25, 0.3) is 0 Å². The van der Waals surface area contributed by atoms with Crippen molar-refractivity contribution in [2.24, 2.45) is 0 Å². The molecule has 1 aromatic heterocycles. The van der Waals surface area contributed by atoms with Crippen LogP contribution < -0.4 is 5.73 Å². The van der Waals surface area contributed by atoms with Crippen LogP contribution in [0.4, 0.5) is 5.69 Å². The third-order valence-electron chi connectivity index (χ3n) is 1.85. The van der Waals surface area contributed by atoms with E-state index in [0.29, 0.717) is 0 Å². The van der Waals surface area contributed by atoms with Crippen LogP contribution in [0.1, 0.15) is 19.4 Å². The van der Waals surface area contributed by atoms with Crippen molar-refractivity contribution in [1.29, 1.82) is 0 Å². The van der Waals surface area contributed by atoms with Crippen LogP contribution in [-0.4, -0.2) is 7.11 Å². The highest BCUT2D eigenvalue weighted by atomic mass is 32.1. The van der Waals surface area contributed by atoms with E-state index in [0.717, 1.165) is 11.3 Å². The second-order valence-corrected chi connectivity index (χ2v) is 3.70. The molecule has 0 saturated heterocycles. The first kappa shape index (κ1) is 8.56. The molecule has 1 rings (SSSR count). The van der Waals surface area contributed by atoms with E-state index < -0.39 is 0 Å². The number of methoxy groups -OCH3 is 1. The Kier molecular flexibility index (Phi) is 2.20. The average Bonchev–Trinajstić information content (AvgIpc) is 2.36. The summed E-state index contributed by atoms with van der Waals surface area (Å²) in [6.07, 6.45) is 0. The van der Waals surface area contributed by atoms with Crippen LogP contribution >= 0.6 is 11.3 Å². The number of nitrogens with two attached hydrogens (primary N) is 1. The van der Waals surface area contributed by atoms with Gasteiger partial charge >= 0.3 is 0 Å². The lowest BCUT2D eigenvalue weighted by Crippen LogP contribution is -2.19. The van der Waals surface area contributed by atoms with Crippen LogP contribution in [0.3, 0.4) is 0 Å². The lowest BCUT2D eigenvalue weighted by atomic mass is 10.0. The molecule has 1 aromatic rings. The van der Waals surface area contributed by atoms with Gasteiger partial charge in [0.05, 0.1) is 5.60 Å². The van der Waals surface area contributed by atoms with Gasteiger partial charge in [0.15, 0.2) is 0 Å². The van der Waals surface area contributed by atoms with Crippen molar-refractivity contribution in [3.05, 3.63) is 16.3 Å². The molecule has 11 heavy (non-hydrogen) atoms. The van der Waals surface area contributed by atoms with Gasteiger partial charge in [-0.2, -0.15) is 0 Å². The zero-order valence-corrected chi connectivity index (χ0v) is 7.87. The van der Waals surface area contributed by atoms with E-state index >= 15 is 0 Å². The molecular weight excluding hydrogens is 158 g/mol. The van der Waals surface area contributed by atoms with Crippen LogP contribution in [-0.2, 0) is 10.3 Å². The number of nitrogen functional groups attached to an aromatic ring is 1. The molecule has 0 atom stereocenters. The standard InChI is InChI=1S/C8H13NOS/c1-8(2,10-3)6-4-11-5-7(6)9/h4-5H,9H2,1-3H3. The summed E-state index contributed by atoms with van der Waals surface area (Å²) in [6, 6.07) is 0. The maximum atomic E-state index is 5.73. The Balaban J connectivity index is 3.00. The highest BCUT2D eigenvalue weighted by molar-refractivity contribution is 7.08. The molecule has 0 aliphatic heterocycles. The summed E-state index contributed by atoms with van der Waals surface area (Å²) in [5, 5.41) is 3.95. The Labute approximate surface area is 71.0 Å². The smallest absolute Gasteiger partial charge is 0.0899 e. The molecule has 1 heterocycles. The topological polar surface area (TPSA) is 35.2 Å². The lowest BCUT2D eigenvalue weighted by molar-refractivity contribution is 0.0202. The first-order chi connectivity index (χ1) is 5.08. The Morgan fingerprint density at radius 1 is 1.45 bits per heavy atom. The van der Waals surface area contributed by atoms with E-state index in [-0.39, 0.29) is 5.60 Å². The fourth-order valence-electron chi connectivity index (χ4n) is 0.906. The van der Waals surface area contributed by atoms with Crippen molar-refractivity contribution < 1.29 is 4.74 Å². The van der Waals surface area contributed by atoms with Gasteiger partial charge in [-0.1, -0.05) is 0 Å². The number of anilines is 1. The quantitative estimate of drug-likeness (QED) is 0.740. The minimum Gasteiger partial charge on any atom is -0.398 e. The zero-order chi connectivity index (χ0) is 8.48. The largest absolute Gasteiger partial charge is 0.398 e.